The van der Waals surface area contributed by atoms with Gasteiger partial charge in [0.15, 0.2) is 11.6 Å². The van der Waals surface area contributed by atoms with Gasteiger partial charge in [0.05, 0.1) is 7.11 Å². The standard InChI is InChI=1S/C10H12FNO/c1-13-9-4-2-3-7(10(9)11)8-5-6-12-8/h2-4,8,12H,5-6H2,1H3/t8-/m1/s1. The van der Waals surface area contributed by atoms with E-state index in [-0.39, 0.29) is 11.9 Å². The molecule has 13 heavy (non-hydrogen) atoms. The summed E-state index contributed by atoms with van der Waals surface area (Å²) in [6.45, 7) is 0.974. The lowest BCUT2D eigenvalue weighted by atomic mass is 9.97. The molecule has 0 saturated carbocycles. The first-order valence-electron chi connectivity index (χ1n) is 4.38. The van der Waals surface area contributed by atoms with E-state index in [9.17, 15) is 4.39 Å². The molecule has 0 amide bonds. The highest BCUT2D eigenvalue weighted by Gasteiger charge is 2.22. The lowest BCUT2D eigenvalue weighted by molar-refractivity contribution is 0.350. The number of halogens is 1. The predicted octanol–water partition coefficient (Wildman–Crippen LogP) is 1.87. The molecule has 1 fully saturated rings. The van der Waals surface area contributed by atoms with Gasteiger partial charge in [-0.05, 0) is 19.0 Å². The number of ether oxygens (including phenoxy) is 1. The molecule has 1 aliphatic rings. The number of rotatable bonds is 2. The van der Waals surface area contributed by atoms with E-state index in [0.717, 1.165) is 13.0 Å². The molecule has 2 nitrogen and oxygen atoms in total. The summed E-state index contributed by atoms with van der Waals surface area (Å²) in [5.74, 6) is 0.0911. The van der Waals surface area contributed by atoms with E-state index in [2.05, 4.69) is 5.32 Å². The minimum absolute atomic E-state index is 0.176. The second kappa shape index (κ2) is 3.34. The predicted molar refractivity (Wildman–Crippen MR) is 48.3 cm³/mol. The van der Waals surface area contributed by atoms with E-state index in [1.165, 1.54) is 7.11 Å². The third kappa shape index (κ3) is 1.40. The highest BCUT2D eigenvalue weighted by atomic mass is 19.1. The normalized spacial score (nSPS) is 20.9. The van der Waals surface area contributed by atoms with Gasteiger partial charge in [-0.2, -0.15) is 0 Å². The lowest BCUT2D eigenvalue weighted by Crippen LogP contribution is -2.35. The van der Waals surface area contributed by atoms with E-state index in [4.69, 9.17) is 4.74 Å². The lowest BCUT2D eigenvalue weighted by Gasteiger charge is -2.28. The van der Waals surface area contributed by atoms with E-state index in [1.807, 2.05) is 6.07 Å². The SMILES string of the molecule is COc1cccc([C@H]2CCN2)c1F. The molecule has 1 atom stereocenters. The molecule has 0 spiro atoms. The highest BCUT2D eigenvalue weighted by molar-refractivity contribution is 5.33. The van der Waals surface area contributed by atoms with Gasteiger partial charge < -0.3 is 10.1 Å². The Hall–Kier alpha value is -1.09. The van der Waals surface area contributed by atoms with Gasteiger partial charge in [-0.3, -0.25) is 0 Å². The van der Waals surface area contributed by atoms with Crippen molar-refractivity contribution < 1.29 is 9.13 Å². The molecule has 1 aromatic rings. The van der Waals surface area contributed by atoms with Crippen molar-refractivity contribution in [2.24, 2.45) is 0 Å². The Morgan fingerprint density at radius 2 is 2.31 bits per heavy atom. The molecule has 1 heterocycles. The van der Waals surface area contributed by atoms with Gasteiger partial charge in [0.25, 0.3) is 0 Å². The fraction of sp³-hybridized carbons (Fsp3) is 0.400. The Morgan fingerprint density at radius 3 is 2.85 bits per heavy atom. The number of hydrogen-bond donors (Lipinski definition) is 1. The van der Waals surface area contributed by atoms with Crippen LogP contribution in [-0.4, -0.2) is 13.7 Å². The van der Waals surface area contributed by atoms with E-state index in [0.29, 0.717) is 11.3 Å². The molecule has 1 aliphatic heterocycles. The van der Waals surface area contributed by atoms with Crippen molar-refractivity contribution in [2.45, 2.75) is 12.5 Å². The Morgan fingerprint density at radius 1 is 1.54 bits per heavy atom. The molecular formula is C10H12FNO. The van der Waals surface area contributed by atoms with Crippen molar-refractivity contribution in [3.05, 3.63) is 29.6 Å². The zero-order chi connectivity index (χ0) is 9.26. The van der Waals surface area contributed by atoms with Crippen LogP contribution in [0.2, 0.25) is 0 Å². The van der Waals surface area contributed by atoms with Crippen molar-refractivity contribution in [1.82, 2.24) is 5.32 Å². The summed E-state index contributed by atoms with van der Waals surface area (Å²) in [6, 6.07) is 5.43. The number of methoxy groups -OCH3 is 1. The molecule has 0 aliphatic carbocycles. The van der Waals surface area contributed by atoms with Gasteiger partial charge in [0.1, 0.15) is 0 Å². The molecule has 1 N–H and O–H groups in total. The van der Waals surface area contributed by atoms with Gasteiger partial charge in [-0.15, -0.1) is 0 Å². The van der Waals surface area contributed by atoms with Crippen LogP contribution >= 0.6 is 0 Å². The second-order valence-corrected chi connectivity index (χ2v) is 3.16. The summed E-state index contributed by atoms with van der Waals surface area (Å²) in [6.07, 6.45) is 1.00. The summed E-state index contributed by atoms with van der Waals surface area (Å²) in [7, 11) is 1.48. The van der Waals surface area contributed by atoms with Crippen LogP contribution < -0.4 is 10.1 Å². The molecular weight excluding hydrogens is 169 g/mol. The molecule has 1 saturated heterocycles. The van der Waals surface area contributed by atoms with Crippen LogP contribution in [0.5, 0.6) is 5.75 Å². The monoisotopic (exact) mass is 181 g/mol. The van der Waals surface area contributed by atoms with Gasteiger partial charge in [0, 0.05) is 11.6 Å². The average Bonchev–Trinajstić information content (AvgIpc) is 2.05. The first kappa shape index (κ1) is 8.51. The Labute approximate surface area is 76.7 Å². The first-order valence-corrected chi connectivity index (χ1v) is 4.38. The van der Waals surface area contributed by atoms with Gasteiger partial charge in [0.2, 0.25) is 0 Å². The average molecular weight is 181 g/mol. The van der Waals surface area contributed by atoms with Gasteiger partial charge >= 0.3 is 0 Å². The molecule has 2 rings (SSSR count). The first-order chi connectivity index (χ1) is 6.33. The maximum atomic E-state index is 13.6. The minimum Gasteiger partial charge on any atom is -0.494 e. The van der Waals surface area contributed by atoms with Crippen LogP contribution in [0.3, 0.4) is 0 Å². The number of benzene rings is 1. The highest BCUT2D eigenvalue weighted by Crippen LogP contribution is 2.29. The molecule has 0 bridgehead atoms. The molecule has 70 valence electrons. The van der Waals surface area contributed by atoms with Crippen molar-refractivity contribution in [3.63, 3.8) is 0 Å². The van der Waals surface area contributed by atoms with Gasteiger partial charge in [-0.1, -0.05) is 12.1 Å². The third-order valence-corrected chi connectivity index (χ3v) is 2.41. The smallest absolute Gasteiger partial charge is 0.169 e. The van der Waals surface area contributed by atoms with Crippen LogP contribution in [0.1, 0.15) is 18.0 Å². The maximum absolute atomic E-state index is 13.6. The van der Waals surface area contributed by atoms with Crippen LogP contribution in [-0.2, 0) is 0 Å². The van der Waals surface area contributed by atoms with Crippen molar-refractivity contribution in [2.75, 3.05) is 13.7 Å². The fourth-order valence-electron chi connectivity index (χ4n) is 1.51. The third-order valence-electron chi connectivity index (χ3n) is 2.41. The Balaban J connectivity index is 2.33. The molecule has 0 radical (unpaired) electrons. The molecule has 0 aromatic heterocycles. The van der Waals surface area contributed by atoms with Crippen molar-refractivity contribution in [1.29, 1.82) is 0 Å². The quantitative estimate of drug-likeness (QED) is 0.752. The topological polar surface area (TPSA) is 21.3 Å². The zero-order valence-electron chi connectivity index (χ0n) is 7.51. The van der Waals surface area contributed by atoms with E-state index < -0.39 is 0 Å². The largest absolute Gasteiger partial charge is 0.494 e. The fourth-order valence-corrected chi connectivity index (χ4v) is 1.51. The minimum atomic E-state index is -0.234. The Bertz CT molecular complexity index is 310. The molecule has 3 heteroatoms. The summed E-state index contributed by atoms with van der Waals surface area (Å²) >= 11 is 0. The zero-order valence-corrected chi connectivity index (χ0v) is 7.51. The van der Waals surface area contributed by atoms with Crippen molar-refractivity contribution in [3.8, 4) is 5.75 Å². The van der Waals surface area contributed by atoms with Crippen LogP contribution in [0.4, 0.5) is 4.39 Å². The van der Waals surface area contributed by atoms with E-state index >= 15 is 0 Å². The van der Waals surface area contributed by atoms with Crippen LogP contribution in [0.15, 0.2) is 18.2 Å². The molecule has 1 aromatic carbocycles. The summed E-state index contributed by atoms with van der Waals surface area (Å²) in [5, 5.41) is 3.16. The van der Waals surface area contributed by atoms with E-state index in [1.54, 1.807) is 12.1 Å². The summed E-state index contributed by atoms with van der Waals surface area (Å²) < 4.78 is 18.5. The Kier molecular flexibility index (Phi) is 2.19. The maximum Gasteiger partial charge on any atom is 0.169 e. The van der Waals surface area contributed by atoms with Crippen molar-refractivity contribution >= 4 is 0 Å². The second-order valence-electron chi connectivity index (χ2n) is 3.16. The summed E-state index contributed by atoms with van der Waals surface area (Å²) in [5.41, 5.74) is 0.714. The number of nitrogens with one attached hydrogen (secondary N) is 1. The van der Waals surface area contributed by atoms with Crippen LogP contribution in [0, 0.1) is 5.82 Å². The number of hydrogen-bond acceptors (Lipinski definition) is 2. The molecule has 0 unspecified atom stereocenters. The summed E-state index contributed by atoms with van der Waals surface area (Å²) in [4.78, 5) is 0. The van der Waals surface area contributed by atoms with Gasteiger partial charge in [-0.25, -0.2) is 4.39 Å². The van der Waals surface area contributed by atoms with Crippen LogP contribution in [0.25, 0.3) is 0 Å².